The van der Waals surface area contributed by atoms with Crippen molar-refractivity contribution in [3.63, 3.8) is 0 Å². The lowest BCUT2D eigenvalue weighted by Gasteiger charge is -2.06. The van der Waals surface area contributed by atoms with E-state index >= 15 is 0 Å². The largest absolute Gasteiger partial charge is 0.395 e. The minimum Gasteiger partial charge on any atom is -0.395 e. The van der Waals surface area contributed by atoms with Crippen molar-refractivity contribution in [2.75, 3.05) is 13.2 Å². The second-order valence-electron chi connectivity index (χ2n) is 5.97. The zero-order valence-electron chi connectivity index (χ0n) is 13.7. The molecule has 0 bridgehead atoms. The lowest BCUT2D eigenvalue weighted by atomic mass is 10.1. The molecule has 2 heterocycles. The van der Waals surface area contributed by atoms with Crippen LogP contribution >= 0.6 is 0 Å². The number of carbonyl (C=O) groups is 1. The van der Waals surface area contributed by atoms with Gasteiger partial charge in [-0.25, -0.2) is 0 Å². The molecule has 0 unspecified atom stereocenters. The Hall–Kier alpha value is -3.05. The Labute approximate surface area is 145 Å². The van der Waals surface area contributed by atoms with E-state index in [2.05, 4.69) is 40.2 Å². The van der Waals surface area contributed by atoms with Gasteiger partial charge in [-0.2, -0.15) is 0 Å². The van der Waals surface area contributed by atoms with E-state index in [0.29, 0.717) is 0 Å². The van der Waals surface area contributed by atoms with Gasteiger partial charge in [0.15, 0.2) is 0 Å². The number of rotatable bonds is 5. The standard InChI is InChI=1S/C20H19N3O2/c24-11-10-21-19(25)14-23-18-9-5-4-8-17(18)22-13-16(12-20(22)23)15-6-2-1-3-7-15/h1-9,12-13,24H,10-11,14H2,(H,21,25). The second-order valence-corrected chi connectivity index (χ2v) is 5.97. The molecule has 126 valence electrons. The number of amides is 1. The number of aromatic nitrogens is 2. The van der Waals surface area contributed by atoms with Crippen LogP contribution in [0.15, 0.2) is 66.9 Å². The predicted octanol–water partition coefficient (Wildman–Crippen LogP) is 2.67. The number of aliphatic hydroxyl groups is 1. The Morgan fingerprint density at radius 1 is 0.960 bits per heavy atom. The van der Waals surface area contributed by atoms with E-state index in [1.807, 2.05) is 41.0 Å². The first kappa shape index (κ1) is 15.5. The summed E-state index contributed by atoms with van der Waals surface area (Å²) in [5, 5.41) is 11.6. The molecular formula is C20H19N3O2. The zero-order valence-corrected chi connectivity index (χ0v) is 13.7. The maximum absolute atomic E-state index is 12.2. The van der Waals surface area contributed by atoms with Crippen LogP contribution in [0, 0.1) is 0 Å². The zero-order chi connectivity index (χ0) is 17.2. The van der Waals surface area contributed by atoms with Crippen LogP contribution in [0.5, 0.6) is 0 Å². The lowest BCUT2D eigenvalue weighted by molar-refractivity contribution is -0.121. The van der Waals surface area contributed by atoms with Crippen molar-refractivity contribution in [1.82, 2.24) is 14.3 Å². The van der Waals surface area contributed by atoms with Crippen LogP contribution in [0.25, 0.3) is 27.8 Å². The van der Waals surface area contributed by atoms with Crippen molar-refractivity contribution < 1.29 is 9.90 Å². The molecule has 0 spiro atoms. The third-order valence-electron chi connectivity index (χ3n) is 4.35. The highest BCUT2D eigenvalue weighted by Gasteiger charge is 2.14. The van der Waals surface area contributed by atoms with Gasteiger partial charge in [0.1, 0.15) is 12.2 Å². The maximum atomic E-state index is 12.2. The summed E-state index contributed by atoms with van der Waals surface area (Å²) in [6.07, 6.45) is 2.11. The van der Waals surface area contributed by atoms with Gasteiger partial charge in [-0.1, -0.05) is 42.5 Å². The summed E-state index contributed by atoms with van der Waals surface area (Å²) >= 11 is 0. The van der Waals surface area contributed by atoms with E-state index in [4.69, 9.17) is 5.11 Å². The smallest absolute Gasteiger partial charge is 0.240 e. The molecule has 2 aromatic heterocycles. The summed E-state index contributed by atoms with van der Waals surface area (Å²) in [4.78, 5) is 12.2. The van der Waals surface area contributed by atoms with Crippen LogP contribution in [0.1, 0.15) is 0 Å². The number of fused-ring (bicyclic) bond motifs is 3. The Morgan fingerprint density at radius 2 is 1.68 bits per heavy atom. The van der Waals surface area contributed by atoms with Crippen molar-refractivity contribution in [2.45, 2.75) is 6.54 Å². The number of aliphatic hydroxyl groups excluding tert-OH is 1. The predicted molar refractivity (Wildman–Crippen MR) is 98.4 cm³/mol. The van der Waals surface area contributed by atoms with Crippen LogP contribution in [0.3, 0.4) is 0 Å². The molecule has 0 fully saturated rings. The van der Waals surface area contributed by atoms with E-state index in [-0.39, 0.29) is 25.6 Å². The normalized spacial score (nSPS) is 11.2. The first-order valence-corrected chi connectivity index (χ1v) is 8.30. The third-order valence-corrected chi connectivity index (χ3v) is 4.35. The van der Waals surface area contributed by atoms with Crippen LogP contribution in [0.4, 0.5) is 0 Å². The molecule has 25 heavy (non-hydrogen) atoms. The van der Waals surface area contributed by atoms with Crippen LogP contribution < -0.4 is 5.32 Å². The summed E-state index contributed by atoms with van der Waals surface area (Å²) in [5.74, 6) is -0.111. The van der Waals surface area contributed by atoms with Gasteiger partial charge in [-0.05, 0) is 23.8 Å². The first-order chi connectivity index (χ1) is 12.3. The SMILES string of the molecule is O=C(Cn1c2ccccc2n2cc(-c3ccccc3)cc12)NCCO. The van der Waals surface area contributed by atoms with Crippen LogP contribution in [-0.2, 0) is 11.3 Å². The number of nitrogens with one attached hydrogen (secondary N) is 1. The molecule has 5 nitrogen and oxygen atoms in total. The average Bonchev–Trinajstić information content (AvgIpc) is 3.20. The molecule has 1 amide bonds. The Balaban J connectivity index is 1.84. The Bertz CT molecular complexity index is 1030. The molecule has 0 radical (unpaired) electrons. The fraction of sp³-hybridized carbons (Fsp3) is 0.150. The molecule has 0 aliphatic heterocycles. The number of carbonyl (C=O) groups excluding carboxylic acids is 1. The van der Waals surface area contributed by atoms with Gasteiger partial charge >= 0.3 is 0 Å². The minimum absolute atomic E-state index is 0.0587. The molecule has 0 aliphatic carbocycles. The lowest BCUT2D eigenvalue weighted by Crippen LogP contribution is -2.29. The van der Waals surface area contributed by atoms with Gasteiger partial charge in [0.2, 0.25) is 5.91 Å². The number of nitrogens with zero attached hydrogens (tertiary/aromatic N) is 2. The maximum Gasteiger partial charge on any atom is 0.240 e. The van der Waals surface area contributed by atoms with Gasteiger partial charge in [0, 0.05) is 18.3 Å². The summed E-state index contributed by atoms with van der Waals surface area (Å²) in [5.41, 5.74) is 5.31. The third kappa shape index (κ3) is 2.79. The molecule has 0 saturated carbocycles. The first-order valence-electron chi connectivity index (χ1n) is 8.30. The second kappa shape index (κ2) is 6.45. The van der Waals surface area contributed by atoms with Crippen molar-refractivity contribution >= 4 is 22.6 Å². The van der Waals surface area contributed by atoms with E-state index < -0.39 is 0 Å². The van der Waals surface area contributed by atoms with Crippen molar-refractivity contribution in [3.05, 3.63) is 66.9 Å². The Kier molecular flexibility index (Phi) is 3.99. The van der Waals surface area contributed by atoms with Gasteiger partial charge < -0.3 is 19.4 Å². The molecule has 2 aromatic carbocycles. The van der Waals surface area contributed by atoms with Crippen LogP contribution in [0.2, 0.25) is 0 Å². The topological polar surface area (TPSA) is 58.7 Å². The summed E-state index contributed by atoms with van der Waals surface area (Å²) < 4.78 is 4.13. The highest BCUT2D eigenvalue weighted by atomic mass is 16.3. The minimum atomic E-state index is -0.111. The van der Waals surface area contributed by atoms with E-state index in [9.17, 15) is 4.79 Å². The molecule has 4 rings (SSSR count). The molecule has 5 heteroatoms. The molecule has 0 aliphatic rings. The van der Waals surface area contributed by atoms with Gasteiger partial charge in [0.25, 0.3) is 0 Å². The Morgan fingerprint density at radius 3 is 2.44 bits per heavy atom. The van der Waals surface area contributed by atoms with Gasteiger partial charge in [0.05, 0.1) is 17.6 Å². The summed E-state index contributed by atoms with van der Waals surface area (Å²) in [7, 11) is 0. The van der Waals surface area contributed by atoms with Crippen molar-refractivity contribution in [3.8, 4) is 11.1 Å². The molecule has 4 aromatic rings. The highest BCUT2D eigenvalue weighted by molar-refractivity contribution is 5.87. The monoisotopic (exact) mass is 333 g/mol. The molecule has 0 saturated heterocycles. The number of imidazole rings is 1. The average molecular weight is 333 g/mol. The fourth-order valence-electron chi connectivity index (χ4n) is 3.22. The number of hydrogen-bond donors (Lipinski definition) is 2. The van der Waals surface area contributed by atoms with Crippen molar-refractivity contribution in [1.29, 1.82) is 0 Å². The highest BCUT2D eigenvalue weighted by Crippen LogP contribution is 2.28. The number of para-hydroxylation sites is 2. The van der Waals surface area contributed by atoms with E-state index in [1.54, 1.807) is 0 Å². The quantitative estimate of drug-likeness (QED) is 0.590. The van der Waals surface area contributed by atoms with Gasteiger partial charge in [-0.15, -0.1) is 0 Å². The fourth-order valence-corrected chi connectivity index (χ4v) is 3.22. The number of benzene rings is 2. The number of hydrogen-bond acceptors (Lipinski definition) is 2. The molecule has 0 atom stereocenters. The van der Waals surface area contributed by atoms with E-state index in [0.717, 1.165) is 27.8 Å². The molecule has 2 N–H and O–H groups in total. The summed E-state index contributed by atoms with van der Waals surface area (Å²) in [6, 6.07) is 20.4. The molecular weight excluding hydrogens is 314 g/mol. The van der Waals surface area contributed by atoms with E-state index in [1.165, 1.54) is 0 Å². The van der Waals surface area contributed by atoms with Crippen molar-refractivity contribution in [2.24, 2.45) is 0 Å². The van der Waals surface area contributed by atoms with Gasteiger partial charge in [-0.3, -0.25) is 4.79 Å². The summed E-state index contributed by atoms with van der Waals surface area (Å²) in [6.45, 7) is 0.427. The van der Waals surface area contributed by atoms with Crippen LogP contribution in [-0.4, -0.2) is 33.1 Å².